The van der Waals surface area contributed by atoms with Crippen molar-refractivity contribution in [3.8, 4) is 5.75 Å². The van der Waals surface area contributed by atoms with Crippen LogP contribution in [0.5, 0.6) is 5.75 Å². The van der Waals surface area contributed by atoms with Crippen molar-refractivity contribution in [2.24, 2.45) is 5.92 Å². The van der Waals surface area contributed by atoms with Crippen molar-refractivity contribution in [2.75, 3.05) is 6.54 Å². The van der Waals surface area contributed by atoms with Gasteiger partial charge in [-0.05, 0) is 11.1 Å². The summed E-state index contributed by atoms with van der Waals surface area (Å²) in [6.45, 7) is 0.263. The Hall–Kier alpha value is -3.54. The lowest BCUT2D eigenvalue weighted by molar-refractivity contribution is -0.127. The zero-order valence-electron chi connectivity index (χ0n) is 17.4. The summed E-state index contributed by atoms with van der Waals surface area (Å²) in [5.74, 6) is -3.57. The molecule has 164 valence electrons. The summed E-state index contributed by atoms with van der Waals surface area (Å²) in [4.78, 5) is 24.9. The van der Waals surface area contributed by atoms with Gasteiger partial charge in [0, 0.05) is 43.0 Å². The highest BCUT2D eigenvalue weighted by atomic mass is 19.1. The summed E-state index contributed by atoms with van der Waals surface area (Å²) in [6.07, 6.45) is 0.102. The Balaban J connectivity index is 1.48. The zero-order valence-corrected chi connectivity index (χ0v) is 17.4. The van der Waals surface area contributed by atoms with E-state index in [1.54, 1.807) is 0 Å². The van der Waals surface area contributed by atoms with Gasteiger partial charge in [0.2, 0.25) is 5.91 Å². The number of carbonyl (C=O) groups is 2. The number of hydrogen-bond acceptors (Lipinski definition) is 3. The quantitative estimate of drug-likeness (QED) is 0.564. The van der Waals surface area contributed by atoms with Crippen LogP contribution in [0.2, 0.25) is 0 Å². The van der Waals surface area contributed by atoms with Crippen LogP contribution in [0.4, 0.5) is 8.78 Å². The molecule has 2 atom stereocenters. The molecule has 4 rings (SSSR count). The molecule has 32 heavy (non-hydrogen) atoms. The van der Waals surface area contributed by atoms with Crippen LogP contribution >= 0.6 is 0 Å². The van der Waals surface area contributed by atoms with E-state index >= 15 is 0 Å². The van der Waals surface area contributed by atoms with Crippen LogP contribution in [-0.2, 0) is 22.6 Å². The normalized spacial score (nSPS) is 17.8. The Morgan fingerprint density at radius 1 is 0.938 bits per heavy atom. The number of nitrogens with one attached hydrogen (secondary N) is 1. The molecule has 1 amide bonds. The van der Waals surface area contributed by atoms with E-state index in [1.165, 1.54) is 0 Å². The maximum atomic E-state index is 14.9. The number of amides is 1. The van der Waals surface area contributed by atoms with Crippen LogP contribution in [0, 0.1) is 17.6 Å². The van der Waals surface area contributed by atoms with Gasteiger partial charge >= 0.3 is 0 Å². The molecule has 3 aromatic carbocycles. The third-order valence-corrected chi connectivity index (χ3v) is 5.68. The fraction of sp³-hybridized carbons (Fsp3) is 0.231. The van der Waals surface area contributed by atoms with Crippen molar-refractivity contribution in [3.05, 3.63) is 101 Å². The molecule has 0 radical (unpaired) electrons. The highest BCUT2D eigenvalue weighted by Gasteiger charge is 2.39. The predicted molar refractivity (Wildman–Crippen MR) is 116 cm³/mol. The van der Waals surface area contributed by atoms with Gasteiger partial charge in [-0.15, -0.1) is 0 Å². The third kappa shape index (κ3) is 5.02. The van der Waals surface area contributed by atoms with Gasteiger partial charge in [-0.3, -0.25) is 9.59 Å². The molecule has 3 aromatic rings. The predicted octanol–water partition coefficient (Wildman–Crippen LogP) is 4.58. The highest BCUT2D eigenvalue weighted by molar-refractivity contribution is 5.90. The van der Waals surface area contributed by atoms with Crippen LogP contribution in [-0.4, -0.2) is 18.2 Å². The first kappa shape index (κ1) is 21.7. The molecule has 1 N–H and O–H groups in total. The lowest BCUT2D eigenvalue weighted by Crippen LogP contribution is -2.23. The number of ether oxygens (including phenoxy) is 1. The second-order valence-electron chi connectivity index (χ2n) is 7.94. The molecule has 4 nitrogen and oxygen atoms in total. The summed E-state index contributed by atoms with van der Waals surface area (Å²) in [6, 6.07) is 20.7. The van der Waals surface area contributed by atoms with Gasteiger partial charge in [0.1, 0.15) is 29.8 Å². The number of ketones is 1. The Bertz CT molecular complexity index is 1080. The standard InChI is InChI=1S/C26H23F2NO3/c27-23-13-20(32-16-18-9-5-2-6-10-18)14-24(28)25(23)22-15-29-26(31)21(22)12-19(30)11-17-7-3-1-4-8-17/h1-10,13-14,21-22H,11-12,15-16H2,(H,29,31)/t21-,22+/m0/s1. The Kier molecular flexibility index (Phi) is 6.59. The summed E-state index contributed by atoms with van der Waals surface area (Å²) in [7, 11) is 0. The van der Waals surface area contributed by atoms with Crippen molar-refractivity contribution >= 4 is 11.7 Å². The Morgan fingerprint density at radius 3 is 2.16 bits per heavy atom. The SMILES string of the molecule is O=C(Cc1ccccc1)C[C@@H]1C(=O)NC[C@H]1c1c(F)cc(OCc2ccccc2)cc1F. The van der Waals surface area contributed by atoms with Gasteiger partial charge in [-0.2, -0.15) is 0 Å². The van der Waals surface area contributed by atoms with Crippen molar-refractivity contribution in [2.45, 2.75) is 25.4 Å². The number of benzene rings is 3. The topological polar surface area (TPSA) is 55.4 Å². The molecule has 1 saturated heterocycles. The lowest BCUT2D eigenvalue weighted by Gasteiger charge is -2.19. The molecule has 0 bridgehead atoms. The molecule has 0 aliphatic carbocycles. The van der Waals surface area contributed by atoms with Crippen LogP contribution in [0.1, 0.15) is 29.0 Å². The molecular weight excluding hydrogens is 412 g/mol. The number of carbonyl (C=O) groups excluding carboxylic acids is 2. The highest BCUT2D eigenvalue weighted by Crippen LogP contribution is 2.36. The monoisotopic (exact) mass is 435 g/mol. The second kappa shape index (κ2) is 9.73. The number of halogens is 2. The summed E-state index contributed by atoms with van der Waals surface area (Å²) in [5, 5.41) is 2.65. The first-order valence-corrected chi connectivity index (χ1v) is 10.5. The van der Waals surface area contributed by atoms with Gasteiger partial charge in [0.05, 0.1) is 5.92 Å². The minimum Gasteiger partial charge on any atom is -0.489 e. The van der Waals surface area contributed by atoms with E-state index in [4.69, 9.17) is 4.74 Å². The average Bonchev–Trinajstić information content (AvgIpc) is 3.13. The Morgan fingerprint density at radius 2 is 1.53 bits per heavy atom. The van der Waals surface area contributed by atoms with Gasteiger partial charge in [0.15, 0.2) is 0 Å². The van der Waals surface area contributed by atoms with Gasteiger partial charge < -0.3 is 10.1 Å². The smallest absolute Gasteiger partial charge is 0.224 e. The van der Waals surface area contributed by atoms with Gasteiger partial charge in [0.25, 0.3) is 0 Å². The number of hydrogen-bond donors (Lipinski definition) is 1. The molecule has 6 heteroatoms. The lowest BCUT2D eigenvalue weighted by atomic mass is 9.84. The second-order valence-corrected chi connectivity index (χ2v) is 7.94. The fourth-order valence-electron chi connectivity index (χ4n) is 4.09. The molecule has 0 unspecified atom stereocenters. The largest absolute Gasteiger partial charge is 0.489 e. The van der Waals surface area contributed by atoms with Crippen molar-refractivity contribution in [1.82, 2.24) is 5.32 Å². The van der Waals surface area contributed by atoms with E-state index in [2.05, 4.69) is 5.32 Å². The van der Waals surface area contributed by atoms with Crippen molar-refractivity contribution < 1.29 is 23.1 Å². The molecule has 0 saturated carbocycles. The maximum absolute atomic E-state index is 14.9. The summed E-state index contributed by atoms with van der Waals surface area (Å²) >= 11 is 0. The number of Topliss-reactive ketones (excluding diaryl/α,β-unsaturated/α-hetero) is 1. The molecule has 0 spiro atoms. The third-order valence-electron chi connectivity index (χ3n) is 5.68. The van der Waals surface area contributed by atoms with Crippen molar-refractivity contribution in [3.63, 3.8) is 0 Å². The van der Waals surface area contributed by atoms with E-state index in [0.29, 0.717) is 0 Å². The van der Waals surface area contributed by atoms with Crippen molar-refractivity contribution in [1.29, 1.82) is 0 Å². The van der Waals surface area contributed by atoms with Gasteiger partial charge in [-0.25, -0.2) is 8.78 Å². The molecule has 0 aromatic heterocycles. The molecule has 1 aliphatic rings. The fourth-order valence-corrected chi connectivity index (χ4v) is 4.09. The summed E-state index contributed by atoms with van der Waals surface area (Å²) in [5.41, 5.74) is 1.53. The molecule has 1 fully saturated rings. The molecule has 1 heterocycles. The minimum absolute atomic E-state index is 0.0709. The van der Waals surface area contributed by atoms with Crippen LogP contribution in [0.3, 0.4) is 0 Å². The first-order valence-electron chi connectivity index (χ1n) is 10.5. The zero-order chi connectivity index (χ0) is 22.5. The molecule has 1 aliphatic heterocycles. The minimum atomic E-state index is -0.814. The Labute approximate surface area is 185 Å². The van der Waals surface area contributed by atoms with E-state index < -0.39 is 23.5 Å². The average molecular weight is 435 g/mol. The van der Waals surface area contributed by atoms with E-state index in [0.717, 1.165) is 23.3 Å². The maximum Gasteiger partial charge on any atom is 0.224 e. The molecular formula is C26H23F2NO3. The number of rotatable bonds is 8. The van der Waals surface area contributed by atoms with E-state index in [9.17, 15) is 18.4 Å². The van der Waals surface area contributed by atoms with E-state index in [1.807, 2.05) is 60.7 Å². The first-order chi connectivity index (χ1) is 15.5. The van der Waals surface area contributed by atoms with E-state index in [-0.39, 0.29) is 49.0 Å². The van der Waals surface area contributed by atoms with Gasteiger partial charge in [-0.1, -0.05) is 60.7 Å². The summed E-state index contributed by atoms with van der Waals surface area (Å²) < 4.78 is 35.4. The van der Waals surface area contributed by atoms with Crippen LogP contribution in [0.25, 0.3) is 0 Å². The van der Waals surface area contributed by atoms with Crippen LogP contribution in [0.15, 0.2) is 72.8 Å². The van der Waals surface area contributed by atoms with Crippen LogP contribution < -0.4 is 10.1 Å².